The van der Waals surface area contributed by atoms with Gasteiger partial charge in [0.15, 0.2) is 0 Å². The number of carbonyl (C=O) groups excluding carboxylic acids is 1. The molecule has 1 saturated carbocycles. The van der Waals surface area contributed by atoms with Crippen LogP contribution in [0.4, 0.5) is 4.79 Å². The van der Waals surface area contributed by atoms with E-state index in [4.69, 9.17) is 4.74 Å². The molecule has 1 aliphatic rings. The van der Waals surface area contributed by atoms with Crippen LogP contribution in [0.2, 0.25) is 0 Å². The van der Waals surface area contributed by atoms with Crippen molar-refractivity contribution in [1.29, 1.82) is 0 Å². The van der Waals surface area contributed by atoms with E-state index in [0.717, 1.165) is 24.2 Å². The number of aliphatic hydroxyl groups excluding tert-OH is 1. The standard InChI is InChI=1S/C18H28N2O3/c1-23-17-11-7-6-8-15(17)14-20(12-13-21)18(22)19-16-9-4-2-3-5-10-16/h6-8,11,16,21H,2-5,9-10,12-14H2,1H3,(H,19,22). The van der Waals surface area contributed by atoms with Gasteiger partial charge in [-0.05, 0) is 18.9 Å². The third kappa shape index (κ3) is 5.43. The lowest BCUT2D eigenvalue weighted by atomic mass is 10.1. The molecule has 0 aromatic heterocycles. The summed E-state index contributed by atoms with van der Waals surface area (Å²) in [6, 6.07) is 7.82. The normalized spacial score (nSPS) is 15.7. The van der Waals surface area contributed by atoms with Gasteiger partial charge in [-0.2, -0.15) is 0 Å². The van der Waals surface area contributed by atoms with E-state index in [-0.39, 0.29) is 18.7 Å². The van der Waals surface area contributed by atoms with Crippen LogP contribution in [0.3, 0.4) is 0 Å². The Kier molecular flexibility index (Phi) is 7.20. The van der Waals surface area contributed by atoms with Crippen molar-refractivity contribution in [1.82, 2.24) is 10.2 Å². The van der Waals surface area contributed by atoms with Gasteiger partial charge >= 0.3 is 6.03 Å². The molecule has 128 valence electrons. The number of rotatable bonds is 6. The second kappa shape index (κ2) is 9.40. The first kappa shape index (κ1) is 17.6. The summed E-state index contributed by atoms with van der Waals surface area (Å²) in [5.41, 5.74) is 0.944. The smallest absolute Gasteiger partial charge is 0.317 e. The Labute approximate surface area is 138 Å². The summed E-state index contributed by atoms with van der Waals surface area (Å²) in [6.07, 6.45) is 6.97. The monoisotopic (exact) mass is 320 g/mol. The highest BCUT2D eigenvalue weighted by Crippen LogP contribution is 2.20. The molecule has 5 nitrogen and oxygen atoms in total. The number of aliphatic hydroxyl groups is 1. The molecule has 0 saturated heterocycles. The first-order valence-corrected chi connectivity index (χ1v) is 8.52. The minimum atomic E-state index is -0.100. The van der Waals surface area contributed by atoms with Gasteiger partial charge in [-0.1, -0.05) is 43.9 Å². The Hall–Kier alpha value is -1.75. The van der Waals surface area contributed by atoms with Gasteiger partial charge in [0.05, 0.1) is 20.3 Å². The van der Waals surface area contributed by atoms with Crippen LogP contribution in [0, 0.1) is 0 Å². The van der Waals surface area contributed by atoms with E-state index in [1.807, 2.05) is 24.3 Å². The molecule has 23 heavy (non-hydrogen) atoms. The summed E-state index contributed by atoms with van der Waals surface area (Å²) < 4.78 is 5.35. The molecular formula is C18H28N2O3. The fourth-order valence-corrected chi connectivity index (χ4v) is 3.10. The lowest BCUT2D eigenvalue weighted by molar-refractivity contribution is 0.169. The first-order chi connectivity index (χ1) is 11.2. The van der Waals surface area contributed by atoms with Crippen LogP contribution in [-0.2, 0) is 6.54 Å². The number of hydrogen-bond acceptors (Lipinski definition) is 3. The number of ether oxygens (including phenoxy) is 1. The molecule has 1 fully saturated rings. The fourth-order valence-electron chi connectivity index (χ4n) is 3.10. The van der Waals surface area contributed by atoms with E-state index < -0.39 is 0 Å². The van der Waals surface area contributed by atoms with Crippen LogP contribution in [-0.4, -0.2) is 42.3 Å². The summed E-state index contributed by atoms with van der Waals surface area (Å²) in [5, 5.41) is 12.4. The molecule has 0 unspecified atom stereocenters. The summed E-state index contributed by atoms with van der Waals surface area (Å²) in [5.74, 6) is 0.762. The minimum Gasteiger partial charge on any atom is -0.496 e. The molecule has 1 aliphatic carbocycles. The molecule has 0 aliphatic heterocycles. The number of carbonyl (C=O) groups is 1. The highest BCUT2D eigenvalue weighted by Gasteiger charge is 2.20. The molecule has 0 radical (unpaired) electrons. The number of benzene rings is 1. The van der Waals surface area contributed by atoms with Crippen molar-refractivity contribution in [2.24, 2.45) is 0 Å². The number of hydrogen-bond donors (Lipinski definition) is 2. The maximum atomic E-state index is 12.6. The molecule has 2 rings (SSSR count). The van der Waals surface area contributed by atoms with E-state index >= 15 is 0 Å². The largest absolute Gasteiger partial charge is 0.496 e. The van der Waals surface area contributed by atoms with Crippen LogP contribution < -0.4 is 10.1 Å². The fraction of sp³-hybridized carbons (Fsp3) is 0.611. The summed E-state index contributed by atoms with van der Waals surface area (Å²) in [4.78, 5) is 14.2. The van der Waals surface area contributed by atoms with Crippen molar-refractivity contribution in [3.8, 4) is 5.75 Å². The lowest BCUT2D eigenvalue weighted by Gasteiger charge is -2.26. The Morgan fingerprint density at radius 2 is 1.96 bits per heavy atom. The maximum Gasteiger partial charge on any atom is 0.317 e. The van der Waals surface area contributed by atoms with Crippen LogP contribution in [0.1, 0.15) is 44.1 Å². The van der Waals surface area contributed by atoms with Crippen LogP contribution >= 0.6 is 0 Å². The van der Waals surface area contributed by atoms with Gasteiger partial charge in [-0.15, -0.1) is 0 Å². The molecule has 0 spiro atoms. The van der Waals surface area contributed by atoms with E-state index in [0.29, 0.717) is 13.1 Å². The van der Waals surface area contributed by atoms with Crippen LogP contribution in [0.25, 0.3) is 0 Å². The Morgan fingerprint density at radius 1 is 1.26 bits per heavy atom. The lowest BCUT2D eigenvalue weighted by Crippen LogP contribution is -2.45. The van der Waals surface area contributed by atoms with E-state index in [2.05, 4.69) is 5.32 Å². The zero-order chi connectivity index (χ0) is 16.5. The van der Waals surface area contributed by atoms with Crippen molar-refractivity contribution in [2.45, 2.75) is 51.1 Å². The van der Waals surface area contributed by atoms with Crippen molar-refractivity contribution in [2.75, 3.05) is 20.3 Å². The Balaban J connectivity index is 2.00. The van der Waals surface area contributed by atoms with E-state index in [9.17, 15) is 9.90 Å². The predicted molar refractivity (Wildman–Crippen MR) is 90.5 cm³/mol. The molecule has 2 amide bonds. The molecule has 2 N–H and O–H groups in total. The van der Waals surface area contributed by atoms with Crippen molar-refractivity contribution in [3.63, 3.8) is 0 Å². The average molecular weight is 320 g/mol. The average Bonchev–Trinajstić information content (AvgIpc) is 2.83. The molecule has 1 aromatic rings. The summed E-state index contributed by atoms with van der Waals surface area (Å²) in [6.45, 7) is 0.701. The van der Waals surface area contributed by atoms with Gasteiger partial charge in [-0.3, -0.25) is 0 Å². The van der Waals surface area contributed by atoms with Crippen molar-refractivity contribution >= 4 is 6.03 Å². The molecular weight excluding hydrogens is 292 g/mol. The molecule has 1 aromatic carbocycles. The second-order valence-corrected chi connectivity index (χ2v) is 6.09. The highest BCUT2D eigenvalue weighted by molar-refractivity contribution is 5.74. The SMILES string of the molecule is COc1ccccc1CN(CCO)C(=O)NC1CCCCCC1. The van der Waals surface area contributed by atoms with Gasteiger partial charge in [0.1, 0.15) is 5.75 Å². The number of methoxy groups -OCH3 is 1. The minimum absolute atomic E-state index is 0.0484. The van der Waals surface area contributed by atoms with Gasteiger partial charge < -0.3 is 20.1 Å². The number of nitrogens with one attached hydrogen (secondary N) is 1. The van der Waals surface area contributed by atoms with Gasteiger partial charge in [-0.25, -0.2) is 4.79 Å². The van der Waals surface area contributed by atoms with E-state index in [1.165, 1.54) is 25.7 Å². The van der Waals surface area contributed by atoms with Gasteiger partial charge in [0.25, 0.3) is 0 Å². The quantitative estimate of drug-likeness (QED) is 0.792. The molecule has 0 atom stereocenters. The summed E-state index contributed by atoms with van der Waals surface area (Å²) in [7, 11) is 1.63. The van der Waals surface area contributed by atoms with Crippen LogP contribution in [0.5, 0.6) is 5.75 Å². The van der Waals surface area contributed by atoms with Crippen molar-refractivity contribution < 1.29 is 14.6 Å². The van der Waals surface area contributed by atoms with Gasteiger partial charge in [0.2, 0.25) is 0 Å². The first-order valence-electron chi connectivity index (χ1n) is 8.52. The highest BCUT2D eigenvalue weighted by atomic mass is 16.5. The number of para-hydroxylation sites is 1. The second-order valence-electron chi connectivity index (χ2n) is 6.09. The molecule has 0 bridgehead atoms. The number of amides is 2. The van der Waals surface area contributed by atoms with E-state index in [1.54, 1.807) is 12.0 Å². The zero-order valence-electron chi connectivity index (χ0n) is 14.0. The zero-order valence-corrected chi connectivity index (χ0v) is 14.0. The van der Waals surface area contributed by atoms with Crippen LogP contribution in [0.15, 0.2) is 24.3 Å². The third-order valence-corrected chi connectivity index (χ3v) is 4.39. The Bertz CT molecular complexity index is 485. The van der Waals surface area contributed by atoms with Crippen molar-refractivity contribution in [3.05, 3.63) is 29.8 Å². The topological polar surface area (TPSA) is 61.8 Å². The molecule has 5 heteroatoms. The number of nitrogens with zero attached hydrogens (tertiary/aromatic N) is 1. The maximum absolute atomic E-state index is 12.6. The molecule has 0 heterocycles. The van der Waals surface area contributed by atoms with Gasteiger partial charge in [0, 0.05) is 18.2 Å². The Morgan fingerprint density at radius 3 is 2.61 bits per heavy atom. The summed E-state index contributed by atoms with van der Waals surface area (Å²) >= 11 is 0. The predicted octanol–water partition coefficient (Wildman–Crippen LogP) is 2.92. The third-order valence-electron chi connectivity index (χ3n) is 4.39. The number of urea groups is 1.